The number of rotatable bonds is 3. The summed E-state index contributed by atoms with van der Waals surface area (Å²) in [4.78, 5) is 41.0. The van der Waals surface area contributed by atoms with E-state index in [0.717, 1.165) is 0 Å². The molecule has 7 heteroatoms. The SMILES string of the molecule is O=C(c1ccc2[nH]c(=O)oc2c1)C1CCN(C(=O)c2ccccc2Cl)CC1. The summed E-state index contributed by atoms with van der Waals surface area (Å²) in [6.07, 6.45) is 1.17. The number of benzene rings is 2. The first-order valence-corrected chi connectivity index (χ1v) is 9.11. The predicted molar refractivity (Wildman–Crippen MR) is 101 cm³/mol. The number of ketones is 1. The Morgan fingerprint density at radius 3 is 2.59 bits per heavy atom. The van der Waals surface area contributed by atoms with E-state index in [4.69, 9.17) is 16.0 Å². The Morgan fingerprint density at radius 2 is 1.85 bits per heavy atom. The van der Waals surface area contributed by atoms with Crippen LogP contribution in [0.25, 0.3) is 11.1 Å². The number of piperidine rings is 1. The molecular formula is C20H17ClN2O4. The zero-order valence-electron chi connectivity index (χ0n) is 14.4. The quantitative estimate of drug-likeness (QED) is 0.700. The number of carbonyl (C=O) groups is 2. The number of nitrogens with zero attached hydrogens (tertiary/aromatic N) is 1. The van der Waals surface area contributed by atoms with Gasteiger partial charge in [0.05, 0.1) is 16.1 Å². The summed E-state index contributed by atoms with van der Waals surface area (Å²) < 4.78 is 5.03. The number of hydrogen-bond acceptors (Lipinski definition) is 4. The summed E-state index contributed by atoms with van der Waals surface area (Å²) in [7, 11) is 0. The van der Waals surface area contributed by atoms with Crippen LogP contribution in [-0.2, 0) is 0 Å². The van der Waals surface area contributed by atoms with Crippen molar-refractivity contribution >= 4 is 34.4 Å². The van der Waals surface area contributed by atoms with Gasteiger partial charge in [0.25, 0.3) is 5.91 Å². The first kappa shape index (κ1) is 17.5. The Bertz CT molecular complexity index is 1080. The lowest BCUT2D eigenvalue weighted by molar-refractivity contribution is 0.0650. The number of amides is 1. The highest BCUT2D eigenvalue weighted by atomic mass is 35.5. The molecule has 0 saturated carbocycles. The molecule has 1 amide bonds. The van der Waals surface area contributed by atoms with Gasteiger partial charge < -0.3 is 9.32 Å². The van der Waals surface area contributed by atoms with Crippen molar-refractivity contribution in [3.63, 3.8) is 0 Å². The lowest BCUT2D eigenvalue weighted by Crippen LogP contribution is -2.40. The molecule has 0 unspecified atom stereocenters. The van der Waals surface area contributed by atoms with Gasteiger partial charge in [0.15, 0.2) is 11.4 Å². The van der Waals surface area contributed by atoms with E-state index in [1.165, 1.54) is 0 Å². The average molecular weight is 385 g/mol. The molecule has 0 radical (unpaired) electrons. The van der Waals surface area contributed by atoms with Gasteiger partial charge >= 0.3 is 5.76 Å². The van der Waals surface area contributed by atoms with Gasteiger partial charge in [-0.05, 0) is 43.2 Å². The summed E-state index contributed by atoms with van der Waals surface area (Å²) in [6, 6.07) is 11.9. The number of hydrogen-bond donors (Lipinski definition) is 1. The molecule has 27 heavy (non-hydrogen) atoms. The third-order valence-corrected chi connectivity index (χ3v) is 5.29. The van der Waals surface area contributed by atoms with Crippen molar-refractivity contribution in [3.8, 4) is 0 Å². The van der Waals surface area contributed by atoms with Crippen LogP contribution in [0.4, 0.5) is 0 Å². The number of halogens is 1. The van der Waals surface area contributed by atoms with Gasteiger partial charge in [0, 0.05) is 24.6 Å². The number of aromatic nitrogens is 1. The average Bonchev–Trinajstić information content (AvgIpc) is 3.06. The van der Waals surface area contributed by atoms with Crippen LogP contribution in [0.3, 0.4) is 0 Å². The van der Waals surface area contributed by atoms with E-state index in [0.29, 0.717) is 53.2 Å². The van der Waals surface area contributed by atoms with Gasteiger partial charge in [-0.3, -0.25) is 14.6 Å². The Morgan fingerprint density at radius 1 is 1.11 bits per heavy atom. The second-order valence-corrected chi connectivity index (χ2v) is 7.04. The minimum Gasteiger partial charge on any atom is -0.408 e. The predicted octanol–water partition coefficient (Wildman–Crippen LogP) is 3.51. The fourth-order valence-electron chi connectivity index (χ4n) is 3.48. The van der Waals surface area contributed by atoms with Crippen molar-refractivity contribution in [1.82, 2.24) is 9.88 Å². The molecule has 1 N–H and O–H groups in total. The molecular weight excluding hydrogens is 368 g/mol. The van der Waals surface area contributed by atoms with E-state index in [1.807, 2.05) is 0 Å². The van der Waals surface area contributed by atoms with E-state index in [-0.39, 0.29) is 17.6 Å². The standard InChI is InChI=1S/C20H17ClN2O4/c21-15-4-2-1-3-14(15)19(25)23-9-7-12(8-10-23)18(24)13-5-6-16-17(11-13)27-20(26)22-16/h1-6,11-12H,7-10H2,(H,22,26). The first-order chi connectivity index (χ1) is 13.0. The molecule has 3 aromatic rings. The number of nitrogens with one attached hydrogen (secondary N) is 1. The van der Waals surface area contributed by atoms with Crippen LogP contribution < -0.4 is 5.76 Å². The lowest BCUT2D eigenvalue weighted by Gasteiger charge is -2.31. The second kappa shape index (κ2) is 7.04. The Labute approximate surface area is 159 Å². The van der Waals surface area contributed by atoms with E-state index in [2.05, 4.69) is 4.98 Å². The number of fused-ring (bicyclic) bond motifs is 1. The summed E-state index contributed by atoms with van der Waals surface area (Å²) in [6.45, 7) is 1.00. The van der Waals surface area contributed by atoms with E-state index in [9.17, 15) is 14.4 Å². The van der Waals surface area contributed by atoms with Crippen LogP contribution in [0.15, 0.2) is 51.7 Å². The van der Waals surface area contributed by atoms with Crippen LogP contribution in [0.1, 0.15) is 33.6 Å². The zero-order valence-corrected chi connectivity index (χ0v) is 15.2. The normalized spacial score (nSPS) is 15.2. The van der Waals surface area contributed by atoms with Gasteiger partial charge in [0.1, 0.15) is 0 Å². The number of likely N-dealkylation sites (tertiary alicyclic amines) is 1. The molecule has 0 atom stereocenters. The van der Waals surface area contributed by atoms with Crippen LogP contribution in [0, 0.1) is 5.92 Å². The zero-order chi connectivity index (χ0) is 19.0. The molecule has 0 bridgehead atoms. The van der Waals surface area contributed by atoms with Crippen LogP contribution in [0.5, 0.6) is 0 Å². The highest BCUT2D eigenvalue weighted by molar-refractivity contribution is 6.33. The minimum absolute atomic E-state index is 0.00518. The fourth-order valence-corrected chi connectivity index (χ4v) is 3.70. The number of Topliss-reactive ketones (excluding diaryl/α,β-unsaturated/α-hetero) is 1. The molecule has 0 aliphatic carbocycles. The van der Waals surface area contributed by atoms with Crippen molar-refractivity contribution < 1.29 is 14.0 Å². The summed E-state index contributed by atoms with van der Waals surface area (Å²) in [5.41, 5.74) is 1.94. The van der Waals surface area contributed by atoms with Crippen molar-refractivity contribution in [2.75, 3.05) is 13.1 Å². The Kier molecular flexibility index (Phi) is 4.58. The van der Waals surface area contributed by atoms with Crippen LogP contribution >= 0.6 is 11.6 Å². The van der Waals surface area contributed by atoms with Gasteiger partial charge in [-0.15, -0.1) is 0 Å². The topological polar surface area (TPSA) is 83.4 Å². The maximum atomic E-state index is 12.8. The van der Waals surface area contributed by atoms with Crippen molar-refractivity contribution in [3.05, 3.63) is 69.2 Å². The van der Waals surface area contributed by atoms with Crippen molar-refractivity contribution in [2.24, 2.45) is 5.92 Å². The van der Waals surface area contributed by atoms with E-state index >= 15 is 0 Å². The molecule has 1 aliphatic heterocycles. The maximum absolute atomic E-state index is 12.8. The molecule has 138 valence electrons. The third kappa shape index (κ3) is 3.40. The molecule has 1 fully saturated rings. The molecule has 6 nitrogen and oxygen atoms in total. The Hall–Kier alpha value is -2.86. The summed E-state index contributed by atoms with van der Waals surface area (Å²) >= 11 is 6.11. The summed E-state index contributed by atoms with van der Waals surface area (Å²) in [5, 5.41) is 0.432. The molecule has 0 spiro atoms. The Balaban J connectivity index is 1.45. The van der Waals surface area contributed by atoms with Crippen LogP contribution in [-0.4, -0.2) is 34.7 Å². The third-order valence-electron chi connectivity index (χ3n) is 4.96. The number of aromatic amines is 1. The largest absolute Gasteiger partial charge is 0.417 e. The number of H-pyrrole nitrogens is 1. The molecule has 2 aromatic carbocycles. The highest BCUT2D eigenvalue weighted by Gasteiger charge is 2.29. The monoisotopic (exact) mass is 384 g/mol. The lowest BCUT2D eigenvalue weighted by atomic mass is 9.88. The van der Waals surface area contributed by atoms with Gasteiger partial charge in [-0.1, -0.05) is 23.7 Å². The van der Waals surface area contributed by atoms with E-state index in [1.54, 1.807) is 47.4 Å². The molecule has 1 aliphatic rings. The van der Waals surface area contributed by atoms with Crippen molar-refractivity contribution in [1.29, 1.82) is 0 Å². The van der Waals surface area contributed by atoms with Crippen LogP contribution in [0.2, 0.25) is 5.02 Å². The highest BCUT2D eigenvalue weighted by Crippen LogP contribution is 2.25. The van der Waals surface area contributed by atoms with Gasteiger partial charge in [-0.2, -0.15) is 0 Å². The smallest absolute Gasteiger partial charge is 0.408 e. The number of carbonyl (C=O) groups excluding carboxylic acids is 2. The fraction of sp³-hybridized carbons (Fsp3) is 0.250. The van der Waals surface area contributed by atoms with Crippen molar-refractivity contribution in [2.45, 2.75) is 12.8 Å². The molecule has 2 heterocycles. The second-order valence-electron chi connectivity index (χ2n) is 6.64. The van der Waals surface area contributed by atoms with E-state index < -0.39 is 5.76 Å². The molecule has 1 saturated heterocycles. The first-order valence-electron chi connectivity index (χ1n) is 8.74. The number of oxazole rings is 1. The molecule has 4 rings (SSSR count). The van der Waals surface area contributed by atoms with Gasteiger partial charge in [-0.25, -0.2) is 4.79 Å². The summed E-state index contributed by atoms with van der Waals surface area (Å²) in [5.74, 6) is -0.808. The maximum Gasteiger partial charge on any atom is 0.417 e. The minimum atomic E-state index is -0.541. The molecule has 1 aromatic heterocycles. The van der Waals surface area contributed by atoms with Gasteiger partial charge in [0.2, 0.25) is 0 Å².